The molecule has 3 rings (SSSR count). The Kier molecular flexibility index (Phi) is 6.47. The largest absolute Gasteiger partial charge is 1.00 e. The molecule has 4 nitrogen and oxygen atoms in total. The quantitative estimate of drug-likeness (QED) is 0.723. The number of benzene rings is 1. The van der Waals surface area contributed by atoms with Gasteiger partial charge < -0.3 is 6.53 Å². The number of halogens is 1. The van der Waals surface area contributed by atoms with Gasteiger partial charge in [-0.25, -0.2) is 9.78 Å². The van der Waals surface area contributed by atoms with Crippen molar-refractivity contribution in [1.82, 2.24) is 9.97 Å². The molecule has 0 atom stereocenters. The van der Waals surface area contributed by atoms with Gasteiger partial charge in [0.1, 0.15) is 5.69 Å². The van der Waals surface area contributed by atoms with Crippen LogP contribution in [0.15, 0.2) is 60.8 Å². The second-order valence-corrected chi connectivity index (χ2v) is 5.06. The van der Waals surface area contributed by atoms with E-state index in [1.165, 1.54) is 6.07 Å². The van der Waals surface area contributed by atoms with Crippen LogP contribution in [0.4, 0.5) is 0 Å². The van der Waals surface area contributed by atoms with Crippen molar-refractivity contribution >= 4 is 17.6 Å². The molecular formula is C17H12ClKN2O2. The van der Waals surface area contributed by atoms with Gasteiger partial charge in [0.2, 0.25) is 0 Å². The third-order valence-electron chi connectivity index (χ3n) is 3.17. The maximum absolute atomic E-state index is 11.3. The van der Waals surface area contributed by atoms with E-state index in [-0.39, 0.29) is 58.4 Å². The van der Waals surface area contributed by atoms with Crippen molar-refractivity contribution in [3.8, 4) is 22.6 Å². The second kappa shape index (κ2) is 8.14. The van der Waals surface area contributed by atoms with Crippen LogP contribution in [-0.2, 0) is 0 Å². The van der Waals surface area contributed by atoms with Crippen molar-refractivity contribution in [3.05, 3.63) is 71.4 Å². The van der Waals surface area contributed by atoms with Crippen LogP contribution in [0, 0.1) is 0 Å². The average Bonchev–Trinajstić information content (AvgIpc) is 2.55. The van der Waals surface area contributed by atoms with Gasteiger partial charge in [-0.1, -0.05) is 29.8 Å². The number of hydrogen-bond acceptors (Lipinski definition) is 3. The van der Waals surface area contributed by atoms with Crippen LogP contribution in [0.5, 0.6) is 0 Å². The summed E-state index contributed by atoms with van der Waals surface area (Å²) in [6.07, 6.45) is 1.55. The predicted molar refractivity (Wildman–Crippen MR) is 86.0 cm³/mol. The minimum Gasteiger partial charge on any atom is -1.00 e. The van der Waals surface area contributed by atoms with Gasteiger partial charge in [0, 0.05) is 16.8 Å². The molecule has 0 saturated carbocycles. The molecule has 0 radical (unpaired) electrons. The standard InChI is InChI=1S/C17H11ClN2O2.K.H/c18-12-8-6-11(7-9-12)14-4-1-5-15(20-14)16-13(17(21)22)3-2-10-19-16;;/h1-10H,(H,21,22);;/q;+1;-1. The average molecular weight is 351 g/mol. The zero-order chi connectivity index (χ0) is 15.5. The molecule has 0 saturated heterocycles. The summed E-state index contributed by atoms with van der Waals surface area (Å²) in [7, 11) is 0. The topological polar surface area (TPSA) is 63.1 Å². The number of carbonyl (C=O) groups is 1. The SMILES string of the molecule is O=C(O)c1cccnc1-c1cccc(-c2ccc(Cl)cc2)n1.[H-].[K+]. The van der Waals surface area contributed by atoms with E-state index in [0.29, 0.717) is 16.4 Å². The summed E-state index contributed by atoms with van der Waals surface area (Å²) in [5.74, 6) is -1.03. The molecule has 110 valence electrons. The molecule has 3 aromatic rings. The zero-order valence-electron chi connectivity index (χ0n) is 13.4. The van der Waals surface area contributed by atoms with Crippen molar-refractivity contribution in [2.24, 2.45) is 0 Å². The van der Waals surface area contributed by atoms with E-state index >= 15 is 0 Å². The number of nitrogens with zero attached hydrogens (tertiary/aromatic N) is 2. The number of carboxylic acids is 1. The molecule has 0 aliphatic heterocycles. The van der Waals surface area contributed by atoms with Crippen LogP contribution in [0.25, 0.3) is 22.6 Å². The van der Waals surface area contributed by atoms with E-state index in [9.17, 15) is 9.90 Å². The summed E-state index contributed by atoms with van der Waals surface area (Å²) < 4.78 is 0. The van der Waals surface area contributed by atoms with Crippen molar-refractivity contribution < 1.29 is 62.7 Å². The first-order chi connectivity index (χ1) is 10.6. The molecule has 0 fully saturated rings. The first-order valence-electron chi connectivity index (χ1n) is 6.57. The molecule has 0 bridgehead atoms. The van der Waals surface area contributed by atoms with Crippen LogP contribution in [0.2, 0.25) is 5.02 Å². The molecule has 0 spiro atoms. The molecule has 6 heteroatoms. The molecule has 1 aromatic carbocycles. The van der Waals surface area contributed by atoms with E-state index in [0.717, 1.165) is 11.3 Å². The Labute approximate surface area is 182 Å². The van der Waals surface area contributed by atoms with Gasteiger partial charge in [0.15, 0.2) is 0 Å². The number of pyridine rings is 2. The Morgan fingerprint density at radius 2 is 1.70 bits per heavy atom. The molecule has 23 heavy (non-hydrogen) atoms. The molecule has 0 aliphatic carbocycles. The maximum atomic E-state index is 11.3. The van der Waals surface area contributed by atoms with Crippen LogP contribution >= 0.6 is 11.6 Å². The second-order valence-electron chi connectivity index (χ2n) is 4.62. The Morgan fingerprint density at radius 3 is 2.39 bits per heavy atom. The fourth-order valence-electron chi connectivity index (χ4n) is 2.13. The van der Waals surface area contributed by atoms with E-state index in [2.05, 4.69) is 9.97 Å². The number of aromatic nitrogens is 2. The summed E-state index contributed by atoms with van der Waals surface area (Å²) in [6, 6.07) is 15.8. The van der Waals surface area contributed by atoms with Gasteiger partial charge in [-0.3, -0.25) is 4.98 Å². The van der Waals surface area contributed by atoms with Gasteiger partial charge in [0.05, 0.1) is 17.0 Å². The van der Waals surface area contributed by atoms with Gasteiger partial charge in [-0.05, 0) is 36.4 Å². The van der Waals surface area contributed by atoms with Crippen molar-refractivity contribution in [2.45, 2.75) is 0 Å². The van der Waals surface area contributed by atoms with E-state index in [4.69, 9.17) is 11.6 Å². The van der Waals surface area contributed by atoms with Crippen molar-refractivity contribution in [2.75, 3.05) is 0 Å². The Balaban J connectivity index is 0.00000144. The third-order valence-corrected chi connectivity index (χ3v) is 3.42. The first kappa shape index (κ1) is 18.3. The Bertz CT molecular complexity index is 844. The predicted octanol–water partition coefficient (Wildman–Crippen LogP) is 1.28. The van der Waals surface area contributed by atoms with E-state index in [1.54, 1.807) is 30.5 Å². The molecule has 1 N–H and O–H groups in total. The van der Waals surface area contributed by atoms with Crippen molar-refractivity contribution in [3.63, 3.8) is 0 Å². The van der Waals surface area contributed by atoms with E-state index < -0.39 is 5.97 Å². The molecule has 0 aliphatic rings. The number of hydrogen-bond donors (Lipinski definition) is 1. The first-order valence-corrected chi connectivity index (χ1v) is 6.94. The van der Waals surface area contributed by atoms with Crippen LogP contribution < -0.4 is 51.4 Å². The molecule has 2 aromatic heterocycles. The summed E-state index contributed by atoms with van der Waals surface area (Å²) in [4.78, 5) is 20.0. The fraction of sp³-hybridized carbons (Fsp3) is 0. The summed E-state index contributed by atoms with van der Waals surface area (Å²) in [5.41, 5.74) is 2.63. The van der Waals surface area contributed by atoms with Gasteiger partial charge >= 0.3 is 57.4 Å². The summed E-state index contributed by atoms with van der Waals surface area (Å²) >= 11 is 5.89. The smallest absolute Gasteiger partial charge is 1.00 e. The van der Waals surface area contributed by atoms with Crippen LogP contribution in [-0.4, -0.2) is 21.0 Å². The maximum Gasteiger partial charge on any atom is 1.00 e. The van der Waals surface area contributed by atoms with Gasteiger partial charge in [0.25, 0.3) is 0 Å². The normalized spacial score (nSPS) is 9.96. The van der Waals surface area contributed by atoms with Crippen molar-refractivity contribution in [1.29, 1.82) is 0 Å². The van der Waals surface area contributed by atoms with E-state index in [1.807, 2.05) is 24.3 Å². The Hall–Kier alpha value is -1.08. The van der Waals surface area contributed by atoms with Gasteiger partial charge in [-0.15, -0.1) is 0 Å². The van der Waals surface area contributed by atoms with Crippen LogP contribution in [0.1, 0.15) is 11.8 Å². The van der Waals surface area contributed by atoms with Gasteiger partial charge in [-0.2, -0.15) is 0 Å². The third kappa shape index (κ3) is 4.26. The number of carboxylic acid groups (broad SMARTS) is 1. The molecule has 2 heterocycles. The fourth-order valence-corrected chi connectivity index (χ4v) is 2.26. The monoisotopic (exact) mass is 350 g/mol. The molecule has 0 amide bonds. The zero-order valence-corrected chi connectivity index (χ0v) is 16.3. The number of rotatable bonds is 3. The summed E-state index contributed by atoms with van der Waals surface area (Å²) in [5, 5.41) is 9.91. The minimum absolute atomic E-state index is 0. The molecule has 0 unspecified atom stereocenters. The van der Waals surface area contributed by atoms with Crippen LogP contribution in [0.3, 0.4) is 0 Å². The summed E-state index contributed by atoms with van der Waals surface area (Å²) in [6.45, 7) is 0. The Morgan fingerprint density at radius 1 is 1.00 bits per heavy atom. The minimum atomic E-state index is -1.03. The number of aromatic carboxylic acids is 1. The molecular weight excluding hydrogens is 339 g/mol.